The Morgan fingerprint density at radius 1 is 1.67 bits per heavy atom. The number of hydrogen-bond acceptors (Lipinski definition) is 6. The molecule has 1 aromatic heterocycles. The number of thioether (sulfide) groups is 1. The first kappa shape index (κ1) is 12.9. The molecule has 0 aliphatic carbocycles. The van der Waals surface area contributed by atoms with E-state index in [1.165, 1.54) is 22.5 Å². The maximum atomic E-state index is 11.6. The molecule has 0 radical (unpaired) electrons. The van der Waals surface area contributed by atoms with Crippen molar-refractivity contribution in [2.24, 2.45) is 0 Å². The van der Waals surface area contributed by atoms with E-state index in [1.807, 2.05) is 0 Å². The van der Waals surface area contributed by atoms with Crippen LogP contribution in [0.3, 0.4) is 0 Å². The molecule has 2 atom stereocenters. The van der Waals surface area contributed by atoms with E-state index in [2.05, 4.69) is 10.3 Å². The van der Waals surface area contributed by atoms with Gasteiger partial charge >= 0.3 is 5.69 Å². The van der Waals surface area contributed by atoms with Crippen molar-refractivity contribution in [3.05, 3.63) is 27.0 Å². The summed E-state index contributed by atoms with van der Waals surface area (Å²) in [5, 5.41) is 11.1. The van der Waals surface area contributed by atoms with Crippen molar-refractivity contribution in [2.75, 3.05) is 17.7 Å². The molecule has 2 heterocycles. The lowest BCUT2D eigenvalue weighted by Gasteiger charge is -2.14. The Kier molecular flexibility index (Phi) is 3.84. The number of aromatic nitrogens is 2. The second-order valence-electron chi connectivity index (χ2n) is 3.51. The van der Waals surface area contributed by atoms with Gasteiger partial charge in [-0.25, -0.2) is 4.79 Å². The molecule has 0 saturated carbocycles. The predicted octanol–water partition coefficient (Wildman–Crippen LogP) is -1.31. The predicted molar refractivity (Wildman–Crippen MR) is 64.5 cm³/mol. The summed E-state index contributed by atoms with van der Waals surface area (Å²) in [6.45, 7) is -0.154. The third-order valence-corrected chi connectivity index (χ3v) is 3.48. The van der Waals surface area contributed by atoms with E-state index in [9.17, 15) is 14.4 Å². The first-order valence-electron chi connectivity index (χ1n) is 5.09. The fourth-order valence-corrected chi connectivity index (χ4v) is 2.48. The van der Waals surface area contributed by atoms with Gasteiger partial charge in [-0.3, -0.25) is 19.1 Å². The van der Waals surface area contributed by atoms with Crippen LogP contribution in [-0.2, 0) is 9.53 Å². The lowest BCUT2D eigenvalue weighted by molar-refractivity contribution is -0.105. The van der Waals surface area contributed by atoms with Crippen molar-refractivity contribution in [1.29, 1.82) is 0 Å². The monoisotopic (exact) mass is 273 g/mol. The Balaban J connectivity index is 2.33. The summed E-state index contributed by atoms with van der Waals surface area (Å²) < 4.78 is 6.56. The molecule has 1 amide bonds. The number of aliphatic hydroxyl groups is 1. The van der Waals surface area contributed by atoms with Gasteiger partial charge in [0.1, 0.15) is 17.4 Å². The third kappa shape index (κ3) is 2.47. The highest BCUT2D eigenvalue weighted by molar-refractivity contribution is 8.00. The van der Waals surface area contributed by atoms with E-state index >= 15 is 0 Å². The zero-order valence-electron chi connectivity index (χ0n) is 9.16. The van der Waals surface area contributed by atoms with E-state index < -0.39 is 22.9 Å². The molecule has 1 aliphatic rings. The first-order chi connectivity index (χ1) is 8.65. The molecule has 0 bridgehead atoms. The lowest BCUT2D eigenvalue weighted by atomic mass is 10.5. The average molecular weight is 273 g/mol. The van der Waals surface area contributed by atoms with Gasteiger partial charge in [-0.2, -0.15) is 0 Å². The van der Waals surface area contributed by atoms with E-state index in [1.54, 1.807) is 0 Å². The van der Waals surface area contributed by atoms with Crippen molar-refractivity contribution in [1.82, 2.24) is 9.55 Å². The molecule has 0 spiro atoms. The zero-order chi connectivity index (χ0) is 13.1. The average Bonchev–Trinajstić information content (AvgIpc) is 2.81. The number of hydrogen-bond donors (Lipinski definition) is 3. The van der Waals surface area contributed by atoms with Crippen LogP contribution in [0.15, 0.2) is 15.8 Å². The fourth-order valence-electron chi connectivity index (χ4n) is 1.55. The van der Waals surface area contributed by atoms with Crippen LogP contribution in [0, 0.1) is 0 Å². The van der Waals surface area contributed by atoms with E-state index in [4.69, 9.17) is 9.84 Å². The van der Waals surface area contributed by atoms with E-state index in [-0.39, 0.29) is 12.3 Å². The van der Waals surface area contributed by atoms with Gasteiger partial charge in [-0.15, -0.1) is 11.8 Å². The van der Waals surface area contributed by atoms with Crippen LogP contribution in [0.1, 0.15) is 6.23 Å². The van der Waals surface area contributed by atoms with E-state index in [0.29, 0.717) is 12.2 Å². The molecular weight excluding hydrogens is 262 g/mol. The van der Waals surface area contributed by atoms with Crippen LogP contribution in [0.5, 0.6) is 0 Å². The molecule has 0 aromatic carbocycles. The number of nitrogens with zero attached hydrogens (tertiary/aromatic N) is 1. The van der Waals surface area contributed by atoms with Crippen LogP contribution in [-0.4, -0.2) is 38.9 Å². The van der Waals surface area contributed by atoms with Crippen molar-refractivity contribution < 1.29 is 14.6 Å². The number of anilines is 1. The van der Waals surface area contributed by atoms with Gasteiger partial charge in [0.2, 0.25) is 6.41 Å². The maximum Gasteiger partial charge on any atom is 0.330 e. The summed E-state index contributed by atoms with van der Waals surface area (Å²) in [5.74, 6) is 0.470. The topological polar surface area (TPSA) is 113 Å². The minimum Gasteiger partial charge on any atom is -0.393 e. The summed E-state index contributed by atoms with van der Waals surface area (Å²) >= 11 is 1.36. The number of aromatic amines is 1. The second-order valence-corrected chi connectivity index (χ2v) is 4.70. The fraction of sp³-hybridized carbons (Fsp3) is 0.444. The third-order valence-electron chi connectivity index (χ3n) is 2.38. The number of H-pyrrole nitrogens is 1. The van der Waals surface area contributed by atoms with Gasteiger partial charge in [0.15, 0.2) is 0 Å². The number of ether oxygens (including phenoxy) is 1. The number of rotatable bonds is 4. The first-order valence-corrected chi connectivity index (χ1v) is 6.14. The van der Waals surface area contributed by atoms with Crippen molar-refractivity contribution >= 4 is 23.9 Å². The highest BCUT2D eigenvalue weighted by atomic mass is 32.2. The largest absolute Gasteiger partial charge is 0.393 e. The normalized spacial score (nSPS) is 22.9. The Morgan fingerprint density at radius 3 is 3.06 bits per heavy atom. The standard InChI is InChI=1S/C9H11N3O5S/c13-2-7-17-6(3-18-7)12-1-5(10-4-14)8(15)11-9(12)16/h1,4,6-7,13H,2-3H2,(H,10,14)(H,11,15,16)/t6-,7+/m0/s1. The van der Waals surface area contributed by atoms with Gasteiger partial charge in [0.25, 0.3) is 5.56 Å². The summed E-state index contributed by atoms with van der Waals surface area (Å²) in [7, 11) is 0. The Hall–Kier alpha value is -1.58. The number of carbonyl (C=O) groups is 1. The van der Waals surface area contributed by atoms with Gasteiger partial charge in [0.05, 0.1) is 6.61 Å². The highest BCUT2D eigenvalue weighted by Gasteiger charge is 2.27. The molecule has 1 aromatic rings. The lowest BCUT2D eigenvalue weighted by Crippen LogP contribution is -2.34. The molecule has 8 nitrogen and oxygen atoms in total. The molecule has 0 unspecified atom stereocenters. The van der Waals surface area contributed by atoms with Gasteiger partial charge in [-0.05, 0) is 0 Å². The Bertz CT molecular complexity index is 554. The number of carbonyl (C=O) groups excluding carboxylic acids is 1. The van der Waals surface area contributed by atoms with Gasteiger partial charge < -0.3 is 15.2 Å². The molecule has 98 valence electrons. The number of amides is 1. The highest BCUT2D eigenvalue weighted by Crippen LogP contribution is 2.30. The minimum absolute atomic E-state index is 0.0364. The molecule has 2 rings (SSSR count). The minimum atomic E-state index is -0.673. The van der Waals surface area contributed by atoms with Crippen LogP contribution in [0.4, 0.5) is 5.69 Å². The summed E-state index contributed by atoms with van der Waals surface area (Å²) in [4.78, 5) is 35.4. The molecule has 18 heavy (non-hydrogen) atoms. The summed E-state index contributed by atoms with van der Waals surface area (Å²) in [6, 6.07) is 0. The van der Waals surface area contributed by atoms with Crippen LogP contribution >= 0.6 is 11.8 Å². The van der Waals surface area contributed by atoms with Crippen molar-refractivity contribution in [2.45, 2.75) is 11.7 Å². The Morgan fingerprint density at radius 2 is 2.44 bits per heavy atom. The van der Waals surface area contributed by atoms with Crippen molar-refractivity contribution in [3.63, 3.8) is 0 Å². The molecule has 1 fully saturated rings. The second kappa shape index (κ2) is 5.38. The smallest absolute Gasteiger partial charge is 0.330 e. The summed E-state index contributed by atoms with van der Waals surface area (Å²) in [5.41, 5.74) is -1.73. The molecule has 1 saturated heterocycles. The number of nitrogens with one attached hydrogen (secondary N) is 2. The SMILES string of the molecule is O=CNc1cn([C@@H]2CS[C@H](CO)O2)c(=O)[nH]c1=O. The maximum absolute atomic E-state index is 11.6. The molecule has 9 heteroatoms. The zero-order valence-corrected chi connectivity index (χ0v) is 9.98. The van der Waals surface area contributed by atoms with Gasteiger partial charge in [0, 0.05) is 11.9 Å². The van der Waals surface area contributed by atoms with E-state index in [0.717, 1.165) is 0 Å². The van der Waals surface area contributed by atoms with Crippen molar-refractivity contribution in [3.8, 4) is 0 Å². The molecular formula is C9H11N3O5S. The van der Waals surface area contributed by atoms with Crippen LogP contribution in [0.25, 0.3) is 0 Å². The molecule has 3 N–H and O–H groups in total. The molecule has 1 aliphatic heterocycles. The quantitative estimate of drug-likeness (QED) is 0.587. The van der Waals surface area contributed by atoms with Gasteiger partial charge in [-0.1, -0.05) is 0 Å². The van der Waals surface area contributed by atoms with Crippen LogP contribution in [0.2, 0.25) is 0 Å². The number of aliphatic hydroxyl groups excluding tert-OH is 1. The Labute approximate surface area is 105 Å². The summed E-state index contributed by atoms with van der Waals surface area (Å²) in [6.07, 6.45) is 0.990. The van der Waals surface area contributed by atoms with Crippen LogP contribution < -0.4 is 16.6 Å².